The van der Waals surface area contributed by atoms with Gasteiger partial charge in [0, 0.05) is 30.4 Å². The monoisotopic (exact) mass is 564 g/mol. The number of aromatic nitrogens is 1. The fourth-order valence-corrected chi connectivity index (χ4v) is 4.93. The van der Waals surface area contributed by atoms with Gasteiger partial charge in [-0.3, -0.25) is 0 Å². The number of amides is 1. The van der Waals surface area contributed by atoms with Crippen LogP contribution in [-0.4, -0.2) is 43.2 Å². The van der Waals surface area contributed by atoms with Crippen LogP contribution in [0.3, 0.4) is 0 Å². The smallest absolute Gasteiger partial charge is 0.435 e. The van der Waals surface area contributed by atoms with E-state index in [1.54, 1.807) is 20.4 Å². The van der Waals surface area contributed by atoms with Crippen LogP contribution in [0.15, 0.2) is 96.2 Å². The van der Waals surface area contributed by atoms with Gasteiger partial charge in [-0.25, -0.2) is 9.78 Å². The number of benzene rings is 3. The summed E-state index contributed by atoms with van der Waals surface area (Å²) in [6.45, 7) is 6.80. The Hall–Kier alpha value is -4.85. The molecule has 1 aliphatic heterocycles. The molecule has 0 bridgehead atoms. The molecule has 0 aliphatic carbocycles. The third-order valence-electron chi connectivity index (χ3n) is 6.87. The predicted molar refractivity (Wildman–Crippen MR) is 166 cm³/mol. The van der Waals surface area contributed by atoms with Gasteiger partial charge in [0.2, 0.25) is 0 Å². The molecule has 2 heterocycles. The van der Waals surface area contributed by atoms with Crippen molar-refractivity contribution in [1.29, 1.82) is 0 Å². The molecule has 216 valence electrons. The molecule has 1 aliphatic rings. The van der Waals surface area contributed by atoms with E-state index < -0.39 is 11.7 Å². The SMILES string of the molecule is COc1cc2c(cc1OC)CN(c1ncccc1N(N=C(c1ccccc1)c1ccccc1)C(=O)OC(C)(C)C)CC2. The van der Waals surface area contributed by atoms with Crippen molar-refractivity contribution in [3.8, 4) is 11.5 Å². The van der Waals surface area contributed by atoms with Gasteiger partial charge in [0.1, 0.15) is 11.3 Å². The number of pyridine rings is 1. The van der Waals surface area contributed by atoms with Crippen molar-refractivity contribution >= 4 is 23.3 Å². The van der Waals surface area contributed by atoms with E-state index in [0.29, 0.717) is 41.8 Å². The summed E-state index contributed by atoms with van der Waals surface area (Å²) >= 11 is 0. The van der Waals surface area contributed by atoms with Gasteiger partial charge in [0.05, 0.1) is 19.9 Å². The number of hydrogen-bond donors (Lipinski definition) is 0. The molecule has 0 fully saturated rings. The number of fused-ring (bicyclic) bond motifs is 1. The van der Waals surface area contributed by atoms with Gasteiger partial charge >= 0.3 is 6.09 Å². The van der Waals surface area contributed by atoms with Crippen molar-refractivity contribution in [2.24, 2.45) is 5.10 Å². The topological polar surface area (TPSA) is 76.5 Å². The average molecular weight is 565 g/mol. The summed E-state index contributed by atoms with van der Waals surface area (Å²) in [6.07, 6.45) is 1.92. The summed E-state index contributed by atoms with van der Waals surface area (Å²) in [7, 11) is 3.28. The van der Waals surface area contributed by atoms with Crippen molar-refractivity contribution in [3.63, 3.8) is 0 Å². The number of hydrogen-bond acceptors (Lipinski definition) is 7. The van der Waals surface area contributed by atoms with Crippen molar-refractivity contribution in [3.05, 3.63) is 113 Å². The van der Waals surface area contributed by atoms with Crippen LogP contribution in [0.4, 0.5) is 16.3 Å². The zero-order chi connectivity index (χ0) is 29.7. The maximum absolute atomic E-state index is 13.9. The molecule has 0 spiro atoms. The van der Waals surface area contributed by atoms with E-state index in [-0.39, 0.29) is 0 Å². The second-order valence-corrected chi connectivity index (χ2v) is 11.0. The molecule has 8 heteroatoms. The Morgan fingerprint density at radius 3 is 2.02 bits per heavy atom. The molecule has 0 saturated heterocycles. The Bertz CT molecular complexity index is 1520. The quantitative estimate of drug-likeness (QED) is 0.180. The molecule has 0 unspecified atom stereocenters. The van der Waals surface area contributed by atoms with Crippen LogP contribution in [0.25, 0.3) is 0 Å². The first-order valence-corrected chi connectivity index (χ1v) is 13.9. The standard InChI is InChI=1S/C34H36N4O4/c1-34(2,3)42-33(39)38(36-31(24-13-8-6-9-14-24)25-15-10-7-11-16-25)28-17-12-19-35-32(28)37-20-18-26-21-29(40-4)30(41-5)22-27(26)23-37/h6-17,19,21-22H,18,20,23H2,1-5H3. The average Bonchev–Trinajstić information content (AvgIpc) is 3.00. The van der Waals surface area contributed by atoms with Crippen molar-refractivity contribution in [2.75, 3.05) is 30.7 Å². The van der Waals surface area contributed by atoms with Crippen LogP contribution in [0.5, 0.6) is 11.5 Å². The lowest BCUT2D eigenvalue weighted by Crippen LogP contribution is -2.37. The molecule has 0 radical (unpaired) electrons. The summed E-state index contributed by atoms with van der Waals surface area (Å²) in [5, 5.41) is 6.33. The molecule has 0 saturated carbocycles. The minimum absolute atomic E-state index is 0.528. The number of hydrazone groups is 1. The minimum atomic E-state index is -0.730. The van der Waals surface area contributed by atoms with Gasteiger partial charge in [0.25, 0.3) is 0 Å². The molecule has 5 rings (SSSR count). The Morgan fingerprint density at radius 2 is 1.45 bits per heavy atom. The highest BCUT2D eigenvalue weighted by atomic mass is 16.6. The lowest BCUT2D eigenvalue weighted by Gasteiger charge is -2.33. The minimum Gasteiger partial charge on any atom is -0.493 e. The van der Waals surface area contributed by atoms with E-state index in [9.17, 15) is 4.79 Å². The second-order valence-electron chi connectivity index (χ2n) is 11.0. The van der Waals surface area contributed by atoms with Crippen LogP contribution in [0.1, 0.15) is 43.0 Å². The first-order chi connectivity index (χ1) is 20.3. The molecular formula is C34H36N4O4. The lowest BCUT2D eigenvalue weighted by molar-refractivity contribution is 0.0581. The van der Waals surface area contributed by atoms with E-state index in [2.05, 4.69) is 4.90 Å². The molecule has 1 aromatic heterocycles. The third-order valence-corrected chi connectivity index (χ3v) is 6.87. The normalized spacial score (nSPS) is 12.6. The van der Waals surface area contributed by atoms with Gasteiger partial charge in [-0.2, -0.15) is 10.1 Å². The number of carbonyl (C=O) groups is 1. The fraction of sp³-hybridized carbons (Fsp3) is 0.265. The van der Waals surface area contributed by atoms with E-state index in [4.69, 9.17) is 24.3 Å². The highest BCUT2D eigenvalue weighted by Crippen LogP contribution is 2.37. The third kappa shape index (κ3) is 6.38. The highest BCUT2D eigenvalue weighted by molar-refractivity contribution is 6.14. The number of anilines is 2. The van der Waals surface area contributed by atoms with Gasteiger partial charge in [-0.15, -0.1) is 0 Å². The molecular weight excluding hydrogens is 528 g/mol. The highest BCUT2D eigenvalue weighted by Gasteiger charge is 2.30. The zero-order valence-corrected chi connectivity index (χ0v) is 24.7. The number of nitrogens with zero attached hydrogens (tertiary/aromatic N) is 4. The molecule has 4 aromatic rings. The number of carbonyl (C=O) groups excluding carboxylic acids is 1. The first-order valence-electron chi connectivity index (χ1n) is 13.9. The van der Waals surface area contributed by atoms with Crippen molar-refractivity contribution in [1.82, 2.24) is 4.98 Å². The van der Waals surface area contributed by atoms with Gasteiger partial charge in [-0.1, -0.05) is 60.7 Å². The van der Waals surface area contributed by atoms with Crippen LogP contribution in [0, 0.1) is 0 Å². The van der Waals surface area contributed by atoms with E-state index in [0.717, 1.165) is 23.1 Å². The summed E-state index contributed by atoms with van der Waals surface area (Å²) < 4.78 is 17.0. The van der Waals surface area contributed by atoms with E-state index in [1.165, 1.54) is 10.6 Å². The van der Waals surface area contributed by atoms with Crippen LogP contribution in [0.2, 0.25) is 0 Å². The summed E-state index contributed by atoms with van der Waals surface area (Å²) in [5.41, 5.74) is 4.48. The van der Waals surface area contributed by atoms with Crippen molar-refractivity contribution in [2.45, 2.75) is 39.3 Å². The lowest BCUT2D eigenvalue weighted by atomic mass is 9.98. The maximum Gasteiger partial charge on any atom is 0.435 e. The van der Waals surface area contributed by atoms with E-state index >= 15 is 0 Å². The summed E-state index contributed by atoms with van der Waals surface area (Å²) in [4.78, 5) is 20.8. The van der Waals surface area contributed by atoms with Crippen molar-refractivity contribution < 1.29 is 19.0 Å². The van der Waals surface area contributed by atoms with Crippen LogP contribution in [-0.2, 0) is 17.7 Å². The Balaban J connectivity index is 1.62. The number of methoxy groups -OCH3 is 2. The molecule has 3 aromatic carbocycles. The summed E-state index contributed by atoms with van der Waals surface area (Å²) in [5.74, 6) is 2.02. The van der Waals surface area contributed by atoms with E-state index in [1.807, 2.05) is 106 Å². The Morgan fingerprint density at radius 1 is 0.857 bits per heavy atom. The maximum atomic E-state index is 13.9. The predicted octanol–water partition coefficient (Wildman–Crippen LogP) is 6.86. The molecule has 0 atom stereocenters. The fourth-order valence-electron chi connectivity index (χ4n) is 4.93. The largest absolute Gasteiger partial charge is 0.493 e. The zero-order valence-electron chi connectivity index (χ0n) is 24.7. The number of rotatable bonds is 7. The second kappa shape index (κ2) is 12.3. The van der Waals surface area contributed by atoms with Crippen LogP contribution >= 0.6 is 0 Å². The Labute approximate surface area is 247 Å². The number of ether oxygens (including phenoxy) is 3. The summed E-state index contributed by atoms with van der Waals surface area (Å²) in [6, 6.07) is 27.3. The first kappa shape index (κ1) is 28.7. The van der Waals surface area contributed by atoms with Gasteiger partial charge < -0.3 is 19.1 Å². The molecule has 42 heavy (non-hydrogen) atoms. The van der Waals surface area contributed by atoms with Crippen LogP contribution < -0.4 is 19.4 Å². The molecule has 0 N–H and O–H groups in total. The molecule has 8 nitrogen and oxygen atoms in total. The van der Waals surface area contributed by atoms with Gasteiger partial charge in [0.15, 0.2) is 17.3 Å². The van der Waals surface area contributed by atoms with Gasteiger partial charge in [-0.05, 0) is 62.6 Å². The Kier molecular flexibility index (Phi) is 8.43. The molecule has 1 amide bonds.